The van der Waals surface area contributed by atoms with E-state index in [0.717, 1.165) is 0 Å². The smallest absolute Gasteiger partial charge is 0.0345 e. The fraction of sp³-hybridized carbons (Fsp3) is 0.286. The van der Waals surface area contributed by atoms with Gasteiger partial charge in [0.1, 0.15) is 0 Å². The van der Waals surface area contributed by atoms with Gasteiger partial charge in [0.15, 0.2) is 0 Å². The van der Waals surface area contributed by atoms with Crippen molar-refractivity contribution >= 4 is 11.3 Å². The molecule has 0 radical (unpaired) electrons. The Balaban J connectivity index is 2.37. The molecule has 0 saturated heterocycles. The predicted octanol–water partition coefficient (Wildman–Crippen LogP) is 4.71. The molecule has 0 spiro atoms. The Hall–Kier alpha value is -1.08. The van der Waals surface area contributed by atoms with E-state index in [2.05, 4.69) is 63.2 Å². The first-order valence-electron chi connectivity index (χ1n) is 5.23. The van der Waals surface area contributed by atoms with Crippen molar-refractivity contribution in [2.45, 2.75) is 26.2 Å². The van der Waals surface area contributed by atoms with Gasteiger partial charge in [0.05, 0.1) is 0 Å². The van der Waals surface area contributed by atoms with Crippen LogP contribution in [0.25, 0.3) is 10.4 Å². The second-order valence-electron chi connectivity index (χ2n) is 4.78. The molecule has 0 saturated carbocycles. The molecule has 0 aliphatic rings. The lowest BCUT2D eigenvalue weighted by Gasteiger charge is -2.15. The van der Waals surface area contributed by atoms with Crippen molar-refractivity contribution in [1.82, 2.24) is 0 Å². The third-order valence-electron chi connectivity index (χ3n) is 2.40. The molecule has 15 heavy (non-hydrogen) atoms. The normalized spacial score (nSPS) is 11.7. The van der Waals surface area contributed by atoms with Gasteiger partial charge >= 0.3 is 0 Å². The van der Waals surface area contributed by atoms with Gasteiger partial charge in [0.25, 0.3) is 0 Å². The van der Waals surface area contributed by atoms with Crippen LogP contribution < -0.4 is 0 Å². The SMILES string of the molecule is CC(C)(C)c1ccc(-c2ccccc2)s1. The third-order valence-corrected chi connectivity index (χ3v) is 3.96. The Kier molecular flexibility index (Phi) is 2.66. The van der Waals surface area contributed by atoms with Crippen LogP contribution in [0.2, 0.25) is 0 Å². The lowest BCUT2D eigenvalue weighted by molar-refractivity contribution is 0.604. The van der Waals surface area contributed by atoms with Crippen LogP contribution in [0.1, 0.15) is 25.6 Å². The third kappa shape index (κ3) is 2.29. The fourth-order valence-corrected chi connectivity index (χ4v) is 2.57. The molecule has 0 bridgehead atoms. The van der Waals surface area contributed by atoms with E-state index in [1.54, 1.807) is 0 Å². The highest BCUT2D eigenvalue weighted by atomic mass is 32.1. The highest BCUT2D eigenvalue weighted by Crippen LogP contribution is 2.34. The molecular weight excluding hydrogens is 200 g/mol. The van der Waals surface area contributed by atoms with Crippen LogP contribution in [0.4, 0.5) is 0 Å². The minimum absolute atomic E-state index is 0.262. The maximum absolute atomic E-state index is 2.26. The van der Waals surface area contributed by atoms with Gasteiger partial charge in [0, 0.05) is 9.75 Å². The van der Waals surface area contributed by atoms with Crippen molar-refractivity contribution in [3.05, 3.63) is 47.3 Å². The largest absolute Gasteiger partial charge is 0.140 e. The van der Waals surface area contributed by atoms with E-state index in [4.69, 9.17) is 0 Å². The standard InChI is InChI=1S/C14H16S/c1-14(2,3)13-10-9-12(15-13)11-7-5-4-6-8-11/h4-10H,1-3H3. The van der Waals surface area contributed by atoms with Crippen molar-refractivity contribution in [2.24, 2.45) is 0 Å². The number of thiophene rings is 1. The van der Waals surface area contributed by atoms with Gasteiger partial charge < -0.3 is 0 Å². The zero-order valence-electron chi connectivity index (χ0n) is 9.45. The van der Waals surface area contributed by atoms with E-state index in [0.29, 0.717) is 0 Å². The summed E-state index contributed by atoms with van der Waals surface area (Å²) in [4.78, 5) is 2.81. The Morgan fingerprint density at radius 1 is 0.867 bits per heavy atom. The molecule has 2 aromatic rings. The molecule has 1 heterocycles. The quantitative estimate of drug-likeness (QED) is 0.647. The zero-order chi connectivity index (χ0) is 10.9. The summed E-state index contributed by atoms with van der Waals surface area (Å²) in [5, 5.41) is 0. The minimum atomic E-state index is 0.262. The molecule has 0 nitrogen and oxygen atoms in total. The first-order chi connectivity index (χ1) is 7.07. The fourth-order valence-electron chi connectivity index (χ4n) is 1.50. The molecule has 78 valence electrons. The second kappa shape index (κ2) is 3.82. The summed E-state index contributed by atoms with van der Waals surface area (Å²) in [7, 11) is 0. The molecule has 0 unspecified atom stereocenters. The average molecular weight is 216 g/mol. The summed E-state index contributed by atoms with van der Waals surface area (Å²) in [5.74, 6) is 0. The van der Waals surface area contributed by atoms with Crippen molar-refractivity contribution < 1.29 is 0 Å². The summed E-state index contributed by atoms with van der Waals surface area (Å²) >= 11 is 1.89. The van der Waals surface area contributed by atoms with E-state index in [9.17, 15) is 0 Å². The second-order valence-corrected chi connectivity index (χ2v) is 5.86. The average Bonchev–Trinajstić information content (AvgIpc) is 2.67. The van der Waals surface area contributed by atoms with Crippen molar-refractivity contribution in [3.8, 4) is 10.4 Å². The molecule has 0 fully saturated rings. The zero-order valence-corrected chi connectivity index (χ0v) is 10.3. The molecule has 1 aromatic carbocycles. The Morgan fingerprint density at radius 3 is 2.07 bits per heavy atom. The van der Waals surface area contributed by atoms with Crippen LogP contribution >= 0.6 is 11.3 Å². The molecule has 0 atom stereocenters. The number of rotatable bonds is 1. The van der Waals surface area contributed by atoms with E-state index in [1.165, 1.54) is 15.3 Å². The first-order valence-corrected chi connectivity index (χ1v) is 6.05. The van der Waals surface area contributed by atoms with Crippen LogP contribution in [0.15, 0.2) is 42.5 Å². The van der Waals surface area contributed by atoms with Crippen LogP contribution in [0.3, 0.4) is 0 Å². The van der Waals surface area contributed by atoms with E-state index < -0.39 is 0 Å². The Bertz CT molecular complexity index is 432. The molecule has 2 rings (SSSR count). The Labute approximate surface area is 95.6 Å². The van der Waals surface area contributed by atoms with Crippen molar-refractivity contribution in [3.63, 3.8) is 0 Å². The van der Waals surface area contributed by atoms with Crippen molar-refractivity contribution in [1.29, 1.82) is 0 Å². The van der Waals surface area contributed by atoms with Gasteiger partial charge in [-0.1, -0.05) is 51.1 Å². The lowest BCUT2D eigenvalue weighted by atomic mass is 9.95. The van der Waals surface area contributed by atoms with E-state index in [1.807, 2.05) is 11.3 Å². The summed E-state index contributed by atoms with van der Waals surface area (Å²) in [6, 6.07) is 15.0. The van der Waals surface area contributed by atoms with E-state index >= 15 is 0 Å². The summed E-state index contributed by atoms with van der Waals surface area (Å²) in [6.07, 6.45) is 0. The van der Waals surface area contributed by atoms with Crippen LogP contribution in [-0.4, -0.2) is 0 Å². The highest BCUT2D eigenvalue weighted by molar-refractivity contribution is 7.15. The van der Waals surface area contributed by atoms with Crippen LogP contribution in [-0.2, 0) is 5.41 Å². The van der Waals surface area contributed by atoms with Crippen LogP contribution in [0, 0.1) is 0 Å². The molecule has 0 aliphatic carbocycles. The highest BCUT2D eigenvalue weighted by Gasteiger charge is 2.16. The summed E-state index contributed by atoms with van der Waals surface area (Å²) < 4.78 is 0. The molecule has 1 heteroatoms. The monoisotopic (exact) mass is 216 g/mol. The molecular formula is C14H16S. The lowest BCUT2D eigenvalue weighted by Crippen LogP contribution is -2.07. The summed E-state index contributed by atoms with van der Waals surface area (Å²) in [5.41, 5.74) is 1.58. The number of benzene rings is 1. The van der Waals surface area contributed by atoms with Crippen molar-refractivity contribution in [2.75, 3.05) is 0 Å². The topological polar surface area (TPSA) is 0 Å². The predicted molar refractivity (Wildman–Crippen MR) is 68.5 cm³/mol. The molecule has 0 aliphatic heterocycles. The maximum atomic E-state index is 2.26. The van der Waals surface area contributed by atoms with E-state index in [-0.39, 0.29) is 5.41 Å². The van der Waals surface area contributed by atoms with Crippen LogP contribution in [0.5, 0.6) is 0 Å². The molecule has 0 amide bonds. The number of hydrogen-bond acceptors (Lipinski definition) is 1. The van der Waals surface area contributed by atoms with Gasteiger partial charge in [-0.05, 0) is 23.1 Å². The van der Waals surface area contributed by atoms with Gasteiger partial charge in [0.2, 0.25) is 0 Å². The molecule has 0 N–H and O–H groups in total. The van der Waals surface area contributed by atoms with Gasteiger partial charge in [-0.15, -0.1) is 11.3 Å². The minimum Gasteiger partial charge on any atom is -0.140 e. The van der Waals surface area contributed by atoms with Gasteiger partial charge in [-0.25, -0.2) is 0 Å². The Morgan fingerprint density at radius 2 is 1.53 bits per heavy atom. The maximum Gasteiger partial charge on any atom is 0.0345 e. The van der Waals surface area contributed by atoms with Gasteiger partial charge in [-0.2, -0.15) is 0 Å². The number of hydrogen-bond donors (Lipinski definition) is 0. The molecule has 1 aromatic heterocycles. The van der Waals surface area contributed by atoms with Gasteiger partial charge in [-0.3, -0.25) is 0 Å². The first kappa shape index (κ1) is 10.4. The summed E-state index contributed by atoms with van der Waals surface area (Å²) in [6.45, 7) is 6.77.